The minimum absolute atomic E-state index is 0.0865. The van der Waals surface area contributed by atoms with Gasteiger partial charge in [-0.1, -0.05) is 12.1 Å². The monoisotopic (exact) mass is 171 g/mol. The second-order valence-corrected chi connectivity index (χ2v) is 2.48. The fraction of sp³-hybridized carbons (Fsp3) is 0.625. The Labute approximate surface area is 71.6 Å². The molecule has 0 atom stereocenters. The molecule has 0 fully saturated rings. The molecule has 0 rings (SSSR count). The number of oxime groups is 1. The predicted octanol–water partition coefficient (Wildman–Crippen LogP) is 1.29. The maximum absolute atomic E-state index is 10.8. The van der Waals surface area contributed by atoms with Crippen LogP contribution >= 0.6 is 0 Å². The smallest absolute Gasteiger partial charge is 0.319 e. The molecular formula is C8H13NO3. The molecule has 0 bridgehead atoms. The van der Waals surface area contributed by atoms with Gasteiger partial charge in [-0.15, -0.1) is 0 Å². The number of hydrogen-bond acceptors (Lipinski definition) is 4. The normalized spacial score (nSPS) is 11.1. The van der Waals surface area contributed by atoms with Gasteiger partial charge in [0.1, 0.15) is 5.78 Å². The second-order valence-electron chi connectivity index (χ2n) is 2.48. The highest BCUT2D eigenvalue weighted by molar-refractivity contribution is 6.00. The highest BCUT2D eigenvalue weighted by Crippen LogP contribution is 1.93. The molecule has 4 nitrogen and oxygen atoms in total. The quantitative estimate of drug-likeness (QED) is 0.364. The standard InChI is InChI=1S/C8H13NO3/c1-4-8(11)5-6(2)9-12-7(3)10/h4-5H2,1-3H3. The third kappa shape index (κ3) is 5.58. The molecule has 0 heterocycles. The molecule has 0 aromatic carbocycles. The van der Waals surface area contributed by atoms with Crippen molar-refractivity contribution in [2.75, 3.05) is 0 Å². The molecule has 4 heteroatoms. The average Bonchev–Trinajstić information content (AvgIpc) is 2.00. The van der Waals surface area contributed by atoms with E-state index in [-0.39, 0.29) is 12.2 Å². The van der Waals surface area contributed by atoms with Gasteiger partial charge in [0, 0.05) is 19.8 Å². The number of rotatable bonds is 4. The van der Waals surface area contributed by atoms with Crippen LogP contribution in [0.2, 0.25) is 0 Å². The van der Waals surface area contributed by atoms with Gasteiger partial charge < -0.3 is 4.84 Å². The molecule has 0 aliphatic heterocycles. The topological polar surface area (TPSA) is 55.7 Å². The summed E-state index contributed by atoms with van der Waals surface area (Å²) in [5.74, 6) is -0.387. The van der Waals surface area contributed by atoms with E-state index in [1.54, 1.807) is 13.8 Å². The van der Waals surface area contributed by atoms with E-state index in [9.17, 15) is 9.59 Å². The van der Waals surface area contributed by atoms with Crippen molar-refractivity contribution in [3.8, 4) is 0 Å². The molecule has 0 amide bonds. The van der Waals surface area contributed by atoms with Crippen LogP contribution in [0.3, 0.4) is 0 Å². The van der Waals surface area contributed by atoms with Gasteiger partial charge in [0.2, 0.25) is 0 Å². The fourth-order valence-electron chi connectivity index (χ4n) is 0.585. The van der Waals surface area contributed by atoms with Crippen molar-refractivity contribution < 1.29 is 14.4 Å². The number of carbonyl (C=O) groups excluding carboxylic acids is 2. The van der Waals surface area contributed by atoms with E-state index in [0.717, 1.165) is 0 Å². The Morgan fingerprint density at radius 3 is 2.33 bits per heavy atom. The Morgan fingerprint density at radius 1 is 1.33 bits per heavy atom. The molecule has 0 saturated heterocycles. The molecule has 0 aromatic heterocycles. The summed E-state index contributed by atoms with van der Waals surface area (Å²) in [6.07, 6.45) is 0.733. The van der Waals surface area contributed by atoms with E-state index < -0.39 is 5.97 Å². The van der Waals surface area contributed by atoms with Crippen LogP contribution in [0.15, 0.2) is 5.16 Å². The third-order valence-electron chi connectivity index (χ3n) is 1.18. The molecule has 0 aromatic rings. The van der Waals surface area contributed by atoms with Gasteiger partial charge in [0.05, 0.1) is 5.71 Å². The van der Waals surface area contributed by atoms with E-state index in [1.807, 2.05) is 0 Å². The molecule has 0 unspecified atom stereocenters. The third-order valence-corrected chi connectivity index (χ3v) is 1.18. The summed E-state index contributed by atoms with van der Waals surface area (Å²) in [7, 11) is 0. The number of ketones is 1. The van der Waals surface area contributed by atoms with Crippen molar-refractivity contribution in [2.24, 2.45) is 5.16 Å². The lowest BCUT2D eigenvalue weighted by Gasteiger charge is -1.96. The summed E-state index contributed by atoms with van der Waals surface area (Å²) in [6.45, 7) is 4.69. The molecule has 0 N–H and O–H groups in total. The lowest BCUT2D eigenvalue weighted by atomic mass is 10.2. The van der Waals surface area contributed by atoms with Crippen molar-refractivity contribution in [2.45, 2.75) is 33.6 Å². The first-order valence-electron chi connectivity index (χ1n) is 3.79. The van der Waals surface area contributed by atoms with E-state index in [1.165, 1.54) is 6.92 Å². The molecule has 68 valence electrons. The maximum Gasteiger partial charge on any atom is 0.331 e. The average molecular weight is 171 g/mol. The SMILES string of the molecule is CCC(=O)CC(C)=NOC(C)=O. The number of nitrogens with zero attached hydrogens (tertiary/aromatic N) is 1. The number of carbonyl (C=O) groups is 2. The first-order valence-corrected chi connectivity index (χ1v) is 3.79. The molecular weight excluding hydrogens is 158 g/mol. The highest BCUT2D eigenvalue weighted by atomic mass is 16.7. The van der Waals surface area contributed by atoms with E-state index in [2.05, 4.69) is 9.99 Å². The van der Waals surface area contributed by atoms with Crippen LogP contribution in [0.5, 0.6) is 0 Å². The van der Waals surface area contributed by atoms with Crippen molar-refractivity contribution in [1.82, 2.24) is 0 Å². The van der Waals surface area contributed by atoms with Gasteiger partial charge in [0.15, 0.2) is 0 Å². The van der Waals surface area contributed by atoms with Gasteiger partial charge in [0.25, 0.3) is 0 Å². The van der Waals surface area contributed by atoms with E-state index in [0.29, 0.717) is 12.1 Å². The Balaban J connectivity index is 3.85. The summed E-state index contributed by atoms with van der Waals surface area (Å²) in [5.41, 5.74) is 0.525. The summed E-state index contributed by atoms with van der Waals surface area (Å²) < 4.78 is 0. The summed E-state index contributed by atoms with van der Waals surface area (Å²) in [5, 5.41) is 3.46. The summed E-state index contributed by atoms with van der Waals surface area (Å²) in [6, 6.07) is 0. The maximum atomic E-state index is 10.8. The van der Waals surface area contributed by atoms with Crippen LogP contribution in [-0.2, 0) is 14.4 Å². The largest absolute Gasteiger partial charge is 0.331 e. The van der Waals surface area contributed by atoms with Crippen LogP contribution in [0, 0.1) is 0 Å². The fourth-order valence-corrected chi connectivity index (χ4v) is 0.585. The molecule has 0 radical (unpaired) electrons. The molecule has 0 aliphatic carbocycles. The zero-order valence-electron chi connectivity index (χ0n) is 7.59. The van der Waals surface area contributed by atoms with Crippen LogP contribution in [0.25, 0.3) is 0 Å². The van der Waals surface area contributed by atoms with Gasteiger partial charge >= 0.3 is 5.97 Å². The van der Waals surface area contributed by atoms with Gasteiger partial charge in [-0.3, -0.25) is 4.79 Å². The van der Waals surface area contributed by atoms with Crippen molar-refractivity contribution in [3.05, 3.63) is 0 Å². The Morgan fingerprint density at radius 2 is 1.92 bits per heavy atom. The zero-order valence-corrected chi connectivity index (χ0v) is 7.59. The minimum Gasteiger partial charge on any atom is -0.319 e. The molecule has 0 aliphatic rings. The second kappa shape index (κ2) is 5.46. The van der Waals surface area contributed by atoms with Crippen molar-refractivity contribution >= 4 is 17.5 Å². The predicted molar refractivity (Wildman–Crippen MR) is 44.8 cm³/mol. The molecule has 0 spiro atoms. The van der Waals surface area contributed by atoms with Crippen molar-refractivity contribution in [3.63, 3.8) is 0 Å². The Hall–Kier alpha value is -1.19. The lowest BCUT2D eigenvalue weighted by Crippen LogP contribution is -2.04. The van der Waals surface area contributed by atoms with Crippen LogP contribution in [0.1, 0.15) is 33.6 Å². The zero-order chi connectivity index (χ0) is 9.56. The molecule has 12 heavy (non-hydrogen) atoms. The van der Waals surface area contributed by atoms with Crippen molar-refractivity contribution in [1.29, 1.82) is 0 Å². The van der Waals surface area contributed by atoms with Gasteiger partial charge in [-0.25, -0.2) is 4.79 Å². The van der Waals surface area contributed by atoms with Gasteiger partial charge in [-0.05, 0) is 6.92 Å². The first-order chi connectivity index (χ1) is 5.56. The minimum atomic E-state index is -0.474. The summed E-state index contributed by atoms with van der Waals surface area (Å²) >= 11 is 0. The number of hydrogen-bond donors (Lipinski definition) is 0. The van der Waals surface area contributed by atoms with Crippen LogP contribution in [-0.4, -0.2) is 17.5 Å². The van der Waals surface area contributed by atoms with Gasteiger partial charge in [-0.2, -0.15) is 0 Å². The van der Waals surface area contributed by atoms with E-state index >= 15 is 0 Å². The van der Waals surface area contributed by atoms with Crippen LogP contribution < -0.4 is 0 Å². The number of Topliss-reactive ketones (excluding diaryl/α,β-unsaturated/α-hetero) is 1. The van der Waals surface area contributed by atoms with Crippen LogP contribution in [0.4, 0.5) is 0 Å². The molecule has 0 saturated carbocycles. The first kappa shape index (κ1) is 10.8. The Kier molecular flexibility index (Phi) is 4.92. The van der Waals surface area contributed by atoms with E-state index in [4.69, 9.17) is 0 Å². The Bertz CT molecular complexity index is 208. The summed E-state index contributed by atoms with van der Waals surface area (Å²) in [4.78, 5) is 25.5. The highest BCUT2D eigenvalue weighted by Gasteiger charge is 2.01. The lowest BCUT2D eigenvalue weighted by molar-refractivity contribution is -0.141.